The first kappa shape index (κ1) is 21.9. The molecule has 0 saturated heterocycles. The molecule has 2 heterocycles. The number of aryl methyl sites for hydroxylation is 1. The van der Waals surface area contributed by atoms with Crippen molar-refractivity contribution in [3.05, 3.63) is 45.3 Å². The molecule has 0 spiro atoms. The van der Waals surface area contributed by atoms with E-state index in [2.05, 4.69) is 21.6 Å². The van der Waals surface area contributed by atoms with E-state index in [0.717, 1.165) is 54.3 Å². The molecule has 3 aromatic rings. The Bertz CT molecular complexity index is 1130. The van der Waals surface area contributed by atoms with Gasteiger partial charge in [0, 0.05) is 34.2 Å². The third-order valence-electron chi connectivity index (χ3n) is 5.23. The van der Waals surface area contributed by atoms with Crippen molar-refractivity contribution in [2.45, 2.75) is 50.7 Å². The van der Waals surface area contributed by atoms with Crippen molar-refractivity contribution in [1.82, 2.24) is 14.8 Å². The van der Waals surface area contributed by atoms with Gasteiger partial charge in [-0.1, -0.05) is 23.4 Å². The van der Waals surface area contributed by atoms with Crippen molar-refractivity contribution in [2.75, 3.05) is 11.1 Å². The van der Waals surface area contributed by atoms with E-state index in [9.17, 15) is 10.1 Å². The van der Waals surface area contributed by atoms with Crippen molar-refractivity contribution in [3.8, 4) is 17.5 Å². The predicted molar refractivity (Wildman–Crippen MR) is 126 cm³/mol. The zero-order valence-corrected chi connectivity index (χ0v) is 19.5. The number of nitrogens with zero attached hydrogens (tertiary/aromatic N) is 4. The average Bonchev–Trinajstić information content (AvgIpc) is 3.34. The molecule has 31 heavy (non-hydrogen) atoms. The summed E-state index contributed by atoms with van der Waals surface area (Å²) in [6.45, 7) is 2.77. The van der Waals surface area contributed by atoms with Crippen LogP contribution in [0, 0.1) is 11.3 Å². The first-order chi connectivity index (χ1) is 15.1. The van der Waals surface area contributed by atoms with Gasteiger partial charge >= 0.3 is 0 Å². The topological polar surface area (TPSA) is 83.6 Å². The van der Waals surface area contributed by atoms with Crippen LogP contribution in [-0.4, -0.2) is 26.4 Å². The maximum Gasteiger partial charge on any atom is 0.225 e. The average molecular weight is 472 g/mol. The SMILES string of the molecule is CCn1c(SCCC(=O)Nc2sc3c(c2C#N)CCCC3)nnc1-c1ccc(Cl)cc1. The van der Waals surface area contributed by atoms with Gasteiger partial charge in [0.05, 0.1) is 5.56 Å². The van der Waals surface area contributed by atoms with Crippen molar-refractivity contribution < 1.29 is 4.79 Å². The number of fused-ring (bicyclic) bond motifs is 1. The molecule has 0 unspecified atom stereocenters. The molecule has 0 atom stereocenters. The molecule has 0 bridgehead atoms. The number of benzene rings is 1. The van der Waals surface area contributed by atoms with Gasteiger partial charge in [-0.2, -0.15) is 5.26 Å². The van der Waals surface area contributed by atoms with Gasteiger partial charge in [-0.25, -0.2) is 0 Å². The van der Waals surface area contributed by atoms with E-state index in [1.165, 1.54) is 16.6 Å². The highest BCUT2D eigenvalue weighted by Crippen LogP contribution is 2.37. The molecule has 6 nitrogen and oxygen atoms in total. The van der Waals surface area contributed by atoms with Gasteiger partial charge in [-0.3, -0.25) is 4.79 Å². The predicted octanol–water partition coefficient (Wildman–Crippen LogP) is 5.55. The van der Waals surface area contributed by atoms with Crippen LogP contribution in [-0.2, 0) is 24.2 Å². The molecule has 1 aromatic carbocycles. The fraction of sp³-hybridized carbons (Fsp3) is 0.364. The molecule has 0 saturated carbocycles. The fourth-order valence-corrected chi connectivity index (χ4v) is 6.01. The van der Waals surface area contributed by atoms with Crippen LogP contribution in [0.3, 0.4) is 0 Å². The van der Waals surface area contributed by atoms with Gasteiger partial charge in [0.2, 0.25) is 5.91 Å². The highest BCUT2D eigenvalue weighted by Gasteiger charge is 2.22. The Morgan fingerprint density at radius 2 is 2.06 bits per heavy atom. The number of aromatic nitrogens is 3. The molecule has 2 aromatic heterocycles. The molecule has 4 rings (SSSR count). The lowest BCUT2D eigenvalue weighted by atomic mass is 9.96. The minimum Gasteiger partial charge on any atom is -0.317 e. The van der Waals surface area contributed by atoms with Gasteiger partial charge in [0.1, 0.15) is 11.1 Å². The summed E-state index contributed by atoms with van der Waals surface area (Å²) in [6.07, 6.45) is 4.54. The summed E-state index contributed by atoms with van der Waals surface area (Å²) >= 11 is 9.04. The number of nitriles is 1. The second-order valence-electron chi connectivity index (χ2n) is 7.23. The number of nitrogens with one attached hydrogen (secondary N) is 1. The van der Waals surface area contributed by atoms with E-state index in [-0.39, 0.29) is 5.91 Å². The summed E-state index contributed by atoms with van der Waals surface area (Å²) in [6, 6.07) is 9.81. The molecule has 0 radical (unpaired) electrons. The Hall–Kier alpha value is -2.34. The van der Waals surface area contributed by atoms with E-state index in [1.807, 2.05) is 35.8 Å². The third-order valence-corrected chi connectivity index (χ3v) is 7.66. The molecular weight excluding hydrogens is 450 g/mol. The molecule has 0 aliphatic heterocycles. The number of carbonyl (C=O) groups is 1. The molecule has 160 valence electrons. The van der Waals surface area contributed by atoms with Gasteiger partial charge in [-0.05, 0) is 62.4 Å². The Morgan fingerprint density at radius 1 is 1.29 bits per heavy atom. The minimum absolute atomic E-state index is 0.0805. The Morgan fingerprint density at radius 3 is 2.81 bits per heavy atom. The lowest BCUT2D eigenvalue weighted by Crippen LogP contribution is -2.12. The standard InChI is InChI=1S/C22H22ClN5OS2/c1-2-28-20(14-7-9-15(23)10-8-14)26-27-22(28)30-12-11-19(29)25-21-17(13-24)16-5-3-4-6-18(16)31-21/h7-10H,2-6,11-12H2,1H3,(H,25,29). The zero-order valence-electron chi connectivity index (χ0n) is 17.2. The number of amides is 1. The van der Waals surface area contributed by atoms with Crippen molar-refractivity contribution >= 4 is 45.6 Å². The number of thiophene rings is 1. The van der Waals surface area contributed by atoms with Crippen LogP contribution in [0.1, 0.15) is 42.2 Å². The zero-order chi connectivity index (χ0) is 21.8. The Labute approximate surface area is 194 Å². The molecule has 1 amide bonds. The van der Waals surface area contributed by atoms with E-state index >= 15 is 0 Å². The molecular formula is C22H22ClN5OS2. The fourth-order valence-electron chi connectivity index (χ4n) is 3.69. The van der Waals surface area contributed by atoms with Crippen molar-refractivity contribution in [3.63, 3.8) is 0 Å². The number of hydrogen-bond donors (Lipinski definition) is 1. The highest BCUT2D eigenvalue weighted by atomic mass is 35.5. The van der Waals surface area contributed by atoms with E-state index in [1.54, 1.807) is 11.3 Å². The lowest BCUT2D eigenvalue weighted by Gasteiger charge is -2.09. The number of anilines is 1. The number of rotatable bonds is 7. The van der Waals surface area contributed by atoms with Gasteiger partial charge in [-0.15, -0.1) is 21.5 Å². The van der Waals surface area contributed by atoms with Crippen molar-refractivity contribution in [1.29, 1.82) is 5.26 Å². The second kappa shape index (κ2) is 9.86. The number of thioether (sulfide) groups is 1. The summed E-state index contributed by atoms with van der Waals surface area (Å²) in [5, 5.41) is 23.3. The molecule has 1 aliphatic carbocycles. The van der Waals surface area contributed by atoms with E-state index in [0.29, 0.717) is 27.8 Å². The highest BCUT2D eigenvalue weighted by molar-refractivity contribution is 7.99. The Balaban J connectivity index is 1.38. The van der Waals surface area contributed by atoms with Crippen LogP contribution in [0.4, 0.5) is 5.00 Å². The van der Waals surface area contributed by atoms with Crippen LogP contribution < -0.4 is 5.32 Å². The number of carbonyl (C=O) groups excluding carboxylic acids is 1. The molecule has 1 N–H and O–H groups in total. The maximum atomic E-state index is 12.5. The molecule has 1 aliphatic rings. The maximum absolute atomic E-state index is 12.5. The van der Waals surface area contributed by atoms with E-state index < -0.39 is 0 Å². The Kier molecular flexibility index (Phi) is 6.96. The smallest absolute Gasteiger partial charge is 0.225 e. The first-order valence-corrected chi connectivity index (χ1v) is 12.4. The normalized spacial score (nSPS) is 12.9. The molecule has 0 fully saturated rings. The number of halogens is 1. The molecule has 9 heteroatoms. The monoisotopic (exact) mass is 471 g/mol. The minimum atomic E-state index is -0.0805. The van der Waals surface area contributed by atoms with Gasteiger partial charge in [0.15, 0.2) is 11.0 Å². The van der Waals surface area contributed by atoms with Crippen LogP contribution in [0.5, 0.6) is 0 Å². The van der Waals surface area contributed by atoms with Crippen LogP contribution in [0.2, 0.25) is 5.02 Å². The van der Waals surface area contributed by atoms with E-state index in [4.69, 9.17) is 11.6 Å². The first-order valence-electron chi connectivity index (χ1n) is 10.3. The van der Waals surface area contributed by atoms with Gasteiger partial charge in [0.25, 0.3) is 0 Å². The third kappa shape index (κ3) is 4.79. The summed E-state index contributed by atoms with van der Waals surface area (Å²) < 4.78 is 2.03. The van der Waals surface area contributed by atoms with Crippen LogP contribution in [0.25, 0.3) is 11.4 Å². The largest absolute Gasteiger partial charge is 0.317 e. The van der Waals surface area contributed by atoms with Gasteiger partial charge < -0.3 is 9.88 Å². The van der Waals surface area contributed by atoms with Crippen LogP contribution in [0.15, 0.2) is 29.4 Å². The summed E-state index contributed by atoms with van der Waals surface area (Å²) in [4.78, 5) is 13.8. The van der Waals surface area contributed by atoms with Crippen LogP contribution >= 0.6 is 34.7 Å². The van der Waals surface area contributed by atoms with Crippen molar-refractivity contribution in [2.24, 2.45) is 0 Å². The lowest BCUT2D eigenvalue weighted by molar-refractivity contribution is -0.115. The quantitative estimate of drug-likeness (QED) is 0.456. The summed E-state index contributed by atoms with van der Waals surface area (Å²) in [7, 11) is 0. The number of hydrogen-bond acceptors (Lipinski definition) is 6. The summed E-state index contributed by atoms with van der Waals surface area (Å²) in [5.74, 6) is 1.29. The second-order valence-corrected chi connectivity index (χ2v) is 9.83. The summed E-state index contributed by atoms with van der Waals surface area (Å²) in [5.41, 5.74) is 2.74.